The smallest absolute Gasteiger partial charge is 0.200 e. The Morgan fingerprint density at radius 2 is 2.10 bits per heavy atom. The van der Waals surface area contributed by atoms with E-state index in [-0.39, 0.29) is 0 Å². The van der Waals surface area contributed by atoms with E-state index < -0.39 is 0 Å². The van der Waals surface area contributed by atoms with E-state index >= 15 is 0 Å². The summed E-state index contributed by atoms with van der Waals surface area (Å²) in [5.74, 6) is 0.698. The summed E-state index contributed by atoms with van der Waals surface area (Å²) in [6.45, 7) is 2.64. The number of nitrogens with zero attached hydrogens (tertiary/aromatic N) is 7. The minimum Gasteiger partial charge on any atom is -0.363 e. The molecule has 4 aromatic heterocycles. The third kappa shape index (κ3) is 2.06. The van der Waals surface area contributed by atoms with Gasteiger partial charge in [0.1, 0.15) is 11.5 Å². The van der Waals surface area contributed by atoms with Gasteiger partial charge in [-0.25, -0.2) is 4.98 Å². The predicted molar refractivity (Wildman–Crippen MR) is 75.8 cm³/mol. The molecular weight excluding hydrogens is 268 g/mol. The largest absolute Gasteiger partial charge is 0.363 e. The van der Waals surface area contributed by atoms with Crippen molar-refractivity contribution in [3.05, 3.63) is 47.9 Å². The maximum atomic E-state index is 4.57. The molecule has 8 heteroatoms. The molecule has 8 nitrogen and oxygen atoms in total. The number of hydrogen-bond donors (Lipinski definition) is 1. The number of nitrogens with one attached hydrogen (secondary N) is 1. The van der Waals surface area contributed by atoms with Gasteiger partial charge in [-0.05, 0) is 41.6 Å². The van der Waals surface area contributed by atoms with Gasteiger partial charge in [0.2, 0.25) is 0 Å². The van der Waals surface area contributed by atoms with E-state index in [1.807, 2.05) is 30.5 Å². The lowest BCUT2D eigenvalue weighted by molar-refractivity contribution is 0.733. The van der Waals surface area contributed by atoms with Gasteiger partial charge in [0.25, 0.3) is 0 Å². The molecule has 0 bridgehead atoms. The lowest BCUT2D eigenvalue weighted by atomic mass is 10.4. The Kier molecular flexibility index (Phi) is 2.53. The van der Waals surface area contributed by atoms with E-state index in [1.165, 1.54) is 4.63 Å². The van der Waals surface area contributed by atoms with Crippen molar-refractivity contribution in [1.82, 2.24) is 34.6 Å². The Hall–Kier alpha value is -3.03. The quantitative estimate of drug-likeness (QED) is 0.604. The fourth-order valence-corrected chi connectivity index (χ4v) is 2.21. The fraction of sp³-hybridized carbons (Fsp3) is 0.154. The van der Waals surface area contributed by atoms with Crippen LogP contribution >= 0.6 is 0 Å². The molecule has 0 atom stereocenters. The second-order valence-electron chi connectivity index (χ2n) is 4.73. The van der Waals surface area contributed by atoms with E-state index in [1.54, 1.807) is 0 Å². The zero-order valence-corrected chi connectivity index (χ0v) is 11.3. The van der Waals surface area contributed by atoms with Crippen LogP contribution in [0.3, 0.4) is 0 Å². The molecule has 1 N–H and O–H groups in total. The summed E-state index contributed by atoms with van der Waals surface area (Å²) in [4.78, 5) is 4.57. The third-order valence-corrected chi connectivity index (χ3v) is 3.27. The van der Waals surface area contributed by atoms with E-state index in [9.17, 15) is 0 Å². The number of pyridine rings is 1. The number of fused-ring (bicyclic) bond motifs is 2. The minimum atomic E-state index is 0.585. The standard InChI is InChI=1S/C13H12N8/c1-9-3-2-4-12-15-10(8-20(9)12)7-14-11-5-6-13-16-18-19-21(13)17-11/h2-6,8H,7H2,1H3,(H,14,17). The van der Waals surface area contributed by atoms with Crippen molar-refractivity contribution in [2.24, 2.45) is 0 Å². The van der Waals surface area contributed by atoms with Crippen LogP contribution in [0.25, 0.3) is 11.3 Å². The highest BCUT2D eigenvalue weighted by atomic mass is 15.6. The number of rotatable bonds is 3. The summed E-state index contributed by atoms with van der Waals surface area (Å²) < 4.78 is 3.45. The Bertz CT molecular complexity index is 922. The van der Waals surface area contributed by atoms with Crippen molar-refractivity contribution >= 4 is 17.1 Å². The van der Waals surface area contributed by atoms with E-state index in [0.717, 1.165) is 17.0 Å². The van der Waals surface area contributed by atoms with Crippen molar-refractivity contribution in [2.45, 2.75) is 13.5 Å². The summed E-state index contributed by atoms with van der Waals surface area (Å²) in [5.41, 5.74) is 3.65. The maximum Gasteiger partial charge on any atom is 0.200 e. The normalized spacial score (nSPS) is 11.3. The monoisotopic (exact) mass is 280 g/mol. The first-order chi connectivity index (χ1) is 10.3. The number of anilines is 1. The Morgan fingerprint density at radius 1 is 1.14 bits per heavy atom. The highest BCUT2D eigenvalue weighted by Crippen LogP contribution is 2.10. The summed E-state index contributed by atoms with van der Waals surface area (Å²) in [6.07, 6.45) is 2.02. The molecule has 0 saturated heterocycles. The molecule has 0 aliphatic heterocycles. The molecule has 0 saturated carbocycles. The second-order valence-corrected chi connectivity index (χ2v) is 4.73. The molecule has 4 heterocycles. The lowest BCUT2D eigenvalue weighted by Crippen LogP contribution is -2.04. The minimum absolute atomic E-state index is 0.585. The molecule has 0 unspecified atom stereocenters. The number of aryl methyl sites for hydroxylation is 1. The molecule has 4 aromatic rings. The van der Waals surface area contributed by atoms with Crippen LogP contribution in [0.5, 0.6) is 0 Å². The Labute approximate surface area is 119 Å². The Morgan fingerprint density at radius 3 is 3.00 bits per heavy atom. The lowest BCUT2D eigenvalue weighted by Gasteiger charge is -2.02. The Balaban J connectivity index is 1.58. The van der Waals surface area contributed by atoms with E-state index in [0.29, 0.717) is 18.0 Å². The number of imidazole rings is 1. The first-order valence-corrected chi connectivity index (χ1v) is 6.52. The van der Waals surface area contributed by atoms with Gasteiger partial charge in [-0.1, -0.05) is 6.07 Å². The molecular formula is C13H12N8. The average Bonchev–Trinajstić information content (AvgIpc) is 3.11. The van der Waals surface area contributed by atoms with Crippen molar-refractivity contribution in [3.63, 3.8) is 0 Å². The fourth-order valence-electron chi connectivity index (χ4n) is 2.21. The number of tetrazole rings is 1. The molecule has 0 radical (unpaired) electrons. The molecule has 21 heavy (non-hydrogen) atoms. The van der Waals surface area contributed by atoms with Crippen LogP contribution in [0.4, 0.5) is 5.82 Å². The molecule has 0 aromatic carbocycles. The molecule has 4 rings (SSSR count). The van der Waals surface area contributed by atoms with Gasteiger partial charge in [-0.3, -0.25) is 0 Å². The predicted octanol–water partition coefficient (Wildman–Crippen LogP) is 1.09. The van der Waals surface area contributed by atoms with Crippen LogP contribution < -0.4 is 5.32 Å². The molecule has 104 valence electrons. The highest BCUT2D eigenvalue weighted by molar-refractivity contribution is 5.44. The first kappa shape index (κ1) is 11.8. The van der Waals surface area contributed by atoms with Crippen LogP contribution in [0.2, 0.25) is 0 Å². The van der Waals surface area contributed by atoms with Gasteiger partial charge in [0.15, 0.2) is 5.65 Å². The van der Waals surface area contributed by atoms with Gasteiger partial charge in [-0.2, -0.15) is 0 Å². The summed E-state index contributed by atoms with van der Waals surface area (Å²) >= 11 is 0. The summed E-state index contributed by atoms with van der Waals surface area (Å²) in [6, 6.07) is 9.69. The first-order valence-electron chi connectivity index (χ1n) is 6.52. The van der Waals surface area contributed by atoms with Crippen molar-refractivity contribution in [1.29, 1.82) is 0 Å². The van der Waals surface area contributed by atoms with Crippen LogP contribution in [-0.4, -0.2) is 34.6 Å². The topological polar surface area (TPSA) is 85.3 Å². The zero-order chi connectivity index (χ0) is 14.2. The third-order valence-electron chi connectivity index (χ3n) is 3.27. The van der Waals surface area contributed by atoms with Crippen LogP contribution in [0.1, 0.15) is 11.4 Å². The second kappa shape index (κ2) is 4.51. The van der Waals surface area contributed by atoms with Crippen molar-refractivity contribution in [3.8, 4) is 0 Å². The summed E-state index contributed by atoms with van der Waals surface area (Å²) in [5, 5.41) is 18.6. The van der Waals surface area contributed by atoms with Gasteiger partial charge in [0.05, 0.1) is 12.2 Å². The van der Waals surface area contributed by atoms with Gasteiger partial charge in [0, 0.05) is 11.9 Å². The van der Waals surface area contributed by atoms with Crippen LogP contribution in [0, 0.1) is 6.92 Å². The SMILES string of the molecule is Cc1cccc2nc(CNc3ccc4nnnn4n3)cn12. The zero-order valence-electron chi connectivity index (χ0n) is 11.3. The maximum absolute atomic E-state index is 4.57. The van der Waals surface area contributed by atoms with Gasteiger partial charge >= 0.3 is 0 Å². The van der Waals surface area contributed by atoms with Crippen LogP contribution in [0.15, 0.2) is 36.5 Å². The van der Waals surface area contributed by atoms with Crippen LogP contribution in [-0.2, 0) is 6.54 Å². The van der Waals surface area contributed by atoms with Crippen molar-refractivity contribution < 1.29 is 0 Å². The molecule has 0 fully saturated rings. The highest BCUT2D eigenvalue weighted by Gasteiger charge is 2.04. The van der Waals surface area contributed by atoms with Gasteiger partial charge < -0.3 is 9.72 Å². The van der Waals surface area contributed by atoms with Gasteiger partial charge in [-0.15, -0.1) is 14.8 Å². The molecule has 0 spiro atoms. The van der Waals surface area contributed by atoms with E-state index in [4.69, 9.17) is 0 Å². The van der Waals surface area contributed by atoms with Crippen molar-refractivity contribution in [2.75, 3.05) is 5.32 Å². The summed E-state index contributed by atoms with van der Waals surface area (Å²) in [7, 11) is 0. The van der Waals surface area contributed by atoms with E-state index in [2.05, 4.69) is 48.3 Å². The molecule has 0 aliphatic rings. The average molecular weight is 280 g/mol. The number of aromatic nitrogens is 7. The molecule has 0 aliphatic carbocycles. The number of hydrogen-bond acceptors (Lipinski definition) is 6. The molecule has 0 amide bonds.